The van der Waals surface area contributed by atoms with Crippen LogP contribution in [0.15, 0.2) is 18.2 Å². The number of imide groups is 2. The Bertz CT molecular complexity index is 615. The number of carbonyl (C=O) groups is 3. The number of benzene rings is 1. The molecule has 0 aliphatic carbocycles. The third-order valence-corrected chi connectivity index (χ3v) is 3.16. The van der Waals surface area contributed by atoms with Crippen LogP contribution in [-0.4, -0.2) is 40.8 Å². The molecule has 0 unspecified atom stereocenters. The number of hydrogen-bond acceptors (Lipinski definition) is 4. The molecule has 7 heteroatoms. The van der Waals surface area contributed by atoms with Crippen LogP contribution >= 0.6 is 0 Å². The van der Waals surface area contributed by atoms with Crippen molar-refractivity contribution in [3.05, 3.63) is 29.6 Å². The molecule has 1 aromatic carbocycles. The zero-order valence-electron chi connectivity index (χ0n) is 11.9. The number of methoxy groups -OCH3 is 1. The van der Waals surface area contributed by atoms with Crippen molar-refractivity contribution in [3.63, 3.8) is 0 Å². The molecule has 0 saturated carbocycles. The summed E-state index contributed by atoms with van der Waals surface area (Å²) in [6, 6.07) is 3.01. The van der Waals surface area contributed by atoms with Gasteiger partial charge in [0.15, 0.2) is 11.6 Å². The van der Waals surface area contributed by atoms with Crippen molar-refractivity contribution in [3.8, 4) is 5.75 Å². The van der Waals surface area contributed by atoms with Crippen molar-refractivity contribution in [1.29, 1.82) is 0 Å². The summed E-state index contributed by atoms with van der Waals surface area (Å²) in [6.07, 6.45) is 0. The van der Waals surface area contributed by atoms with Crippen molar-refractivity contribution in [1.82, 2.24) is 9.80 Å². The van der Waals surface area contributed by atoms with Gasteiger partial charge in [0.2, 0.25) is 0 Å². The van der Waals surface area contributed by atoms with E-state index in [0.717, 1.165) is 9.80 Å². The molecule has 1 fully saturated rings. The van der Waals surface area contributed by atoms with Crippen molar-refractivity contribution >= 4 is 17.8 Å². The fourth-order valence-corrected chi connectivity index (χ4v) is 2.11. The monoisotopic (exact) mass is 294 g/mol. The number of urea groups is 1. The van der Waals surface area contributed by atoms with Gasteiger partial charge in [-0.2, -0.15) is 0 Å². The predicted octanol–water partition coefficient (Wildman–Crippen LogP) is 1.53. The molecule has 1 saturated heterocycles. The summed E-state index contributed by atoms with van der Waals surface area (Å²) < 4.78 is 18.4. The summed E-state index contributed by atoms with van der Waals surface area (Å²) in [5.41, 5.74) is 0.397. The van der Waals surface area contributed by atoms with Crippen LogP contribution < -0.4 is 4.74 Å². The molecule has 0 aromatic heterocycles. The molecule has 1 aliphatic rings. The van der Waals surface area contributed by atoms with Crippen molar-refractivity contribution in [2.45, 2.75) is 26.4 Å². The quantitative estimate of drug-likeness (QED) is 0.624. The minimum absolute atomic E-state index is 0.0673. The number of carbonyl (C=O) groups excluding carboxylic acids is 3. The predicted molar refractivity (Wildman–Crippen MR) is 70.9 cm³/mol. The van der Waals surface area contributed by atoms with E-state index in [-0.39, 0.29) is 12.3 Å². The Balaban J connectivity index is 2.23. The molecule has 0 radical (unpaired) electrons. The Morgan fingerprint density at radius 2 is 1.86 bits per heavy atom. The number of rotatable bonds is 4. The van der Waals surface area contributed by atoms with Crippen LogP contribution in [0.25, 0.3) is 0 Å². The number of ether oxygens (including phenoxy) is 1. The summed E-state index contributed by atoms with van der Waals surface area (Å²) in [5.74, 6) is -2.28. The lowest BCUT2D eigenvalue weighted by molar-refractivity contribution is -0.144. The first kappa shape index (κ1) is 15.0. The minimum atomic E-state index is -0.898. The molecule has 0 atom stereocenters. The van der Waals surface area contributed by atoms with E-state index in [2.05, 4.69) is 0 Å². The zero-order valence-corrected chi connectivity index (χ0v) is 11.9. The van der Waals surface area contributed by atoms with Gasteiger partial charge in [-0.05, 0) is 31.5 Å². The number of hydrogen-bond donors (Lipinski definition) is 0. The highest BCUT2D eigenvalue weighted by Gasteiger charge is 2.45. The largest absolute Gasteiger partial charge is 0.494 e. The van der Waals surface area contributed by atoms with Crippen LogP contribution in [0.4, 0.5) is 9.18 Å². The Morgan fingerprint density at radius 3 is 2.33 bits per heavy atom. The fraction of sp³-hybridized carbons (Fsp3) is 0.357. The van der Waals surface area contributed by atoms with Gasteiger partial charge in [0.05, 0.1) is 13.7 Å². The van der Waals surface area contributed by atoms with Crippen LogP contribution in [-0.2, 0) is 16.1 Å². The maximum atomic E-state index is 13.6. The van der Waals surface area contributed by atoms with Crippen molar-refractivity contribution < 1.29 is 23.5 Å². The third kappa shape index (κ3) is 2.58. The molecule has 112 valence electrons. The molecule has 0 N–H and O–H groups in total. The van der Waals surface area contributed by atoms with Gasteiger partial charge in [0, 0.05) is 6.04 Å². The van der Waals surface area contributed by atoms with Crippen molar-refractivity contribution in [2.24, 2.45) is 0 Å². The first-order valence-electron chi connectivity index (χ1n) is 6.38. The van der Waals surface area contributed by atoms with Gasteiger partial charge in [-0.3, -0.25) is 19.4 Å². The number of nitrogens with zero attached hydrogens (tertiary/aromatic N) is 2. The van der Waals surface area contributed by atoms with Crippen LogP contribution in [0, 0.1) is 5.82 Å². The molecule has 1 aromatic rings. The zero-order chi connectivity index (χ0) is 15.7. The average molecular weight is 294 g/mol. The maximum absolute atomic E-state index is 13.6. The minimum Gasteiger partial charge on any atom is -0.494 e. The second kappa shape index (κ2) is 5.51. The van der Waals surface area contributed by atoms with Crippen LogP contribution in [0.1, 0.15) is 19.4 Å². The molecule has 6 nitrogen and oxygen atoms in total. The van der Waals surface area contributed by atoms with E-state index in [1.165, 1.54) is 25.3 Å². The number of amides is 4. The van der Waals surface area contributed by atoms with Gasteiger partial charge in [0.1, 0.15) is 0 Å². The lowest BCUT2D eigenvalue weighted by Gasteiger charge is -2.18. The molecule has 0 bridgehead atoms. The van der Waals surface area contributed by atoms with E-state index in [0.29, 0.717) is 5.56 Å². The summed E-state index contributed by atoms with van der Waals surface area (Å²) in [6.45, 7) is 3.12. The van der Waals surface area contributed by atoms with Crippen LogP contribution in [0.2, 0.25) is 0 Å². The van der Waals surface area contributed by atoms with Gasteiger partial charge in [0.25, 0.3) is 0 Å². The summed E-state index contributed by atoms with van der Waals surface area (Å²) in [7, 11) is 1.34. The Morgan fingerprint density at radius 1 is 1.19 bits per heavy atom. The molecule has 1 heterocycles. The molecular weight excluding hydrogens is 279 g/mol. The summed E-state index contributed by atoms with van der Waals surface area (Å²) >= 11 is 0. The Labute approximate surface area is 121 Å². The first-order chi connectivity index (χ1) is 9.86. The molecule has 0 spiro atoms. The summed E-state index contributed by atoms with van der Waals surface area (Å²) in [4.78, 5) is 37.4. The first-order valence-corrected chi connectivity index (χ1v) is 6.38. The average Bonchev–Trinajstić information content (AvgIpc) is 2.63. The topological polar surface area (TPSA) is 66.9 Å². The fourth-order valence-electron chi connectivity index (χ4n) is 2.11. The molecule has 4 amide bonds. The van der Waals surface area contributed by atoms with Gasteiger partial charge in [-0.25, -0.2) is 9.18 Å². The van der Waals surface area contributed by atoms with Crippen molar-refractivity contribution in [2.75, 3.05) is 7.11 Å². The highest BCUT2D eigenvalue weighted by Crippen LogP contribution is 2.22. The standard InChI is InChI=1S/C14H15FN2O4/c1-8(2)17-13(19)12(18)16(14(17)20)7-9-4-5-11(21-3)10(15)6-9/h4-6,8H,7H2,1-3H3. The van der Waals surface area contributed by atoms with E-state index in [1.807, 2.05) is 0 Å². The van der Waals surface area contributed by atoms with Gasteiger partial charge < -0.3 is 4.74 Å². The lowest BCUT2D eigenvalue weighted by atomic mass is 10.2. The van der Waals surface area contributed by atoms with E-state index >= 15 is 0 Å². The van der Waals surface area contributed by atoms with E-state index in [1.54, 1.807) is 13.8 Å². The van der Waals surface area contributed by atoms with Gasteiger partial charge >= 0.3 is 17.8 Å². The molecule has 21 heavy (non-hydrogen) atoms. The van der Waals surface area contributed by atoms with Gasteiger partial charge in [-0.1, -0.05) is 6.07 Å². The van der Waals surface area contributed by atoms with E-state index < -0.39 is 29.7 Å². The highest BCUT2D eigenvalue weighted by molar-refractivity contribution is 6.44. The van der Waals surface area contributed by atoms with Gasteiger partial charge in [-0.15, -0.1) is 0 Å². The summed E-state index contributed by atoms with van der Waals surface area (Å²) in [5, 5.41) is 0. The van der Waals surface area contributed by atoms with Crippen LogP contribution in [0.5, 0.6) is 5.75 Å². The SMILES string of the molecule is COc1ccc(CN2C(=O)C(=O)N(C(C)C)C2=O)cc1F. The van der Waals surface area contributed by atoms with E-state index in [4.69, 9.17) is 4.74 Å². The smallest absolute Gasteiger partial charge is 0.334 e. The Hall–Kier alpha value is -2.44. The van der Waals surface area contributed by atoms with Crippen LogP contribution in [0.3, 0.4) is 0 Å². The Kier molecular flexibility index (Phi) is 3.93. The lowest BCUT2D eigenvalue weighted by Crippen LogP contribution is -2.37. The highest BCUT2D eigenvalue weighted by atomic mass is 19.1. The second-order valence-corrected chi connectivity index (χ2v) is 4.91. The van der Waals surface area contributed by atoms with E-state index in [9.17, 15) is 18.8 Å². The maximum Gasteiger partial charge on any atom is 0.334 e. The second-order valence-electron chi connectivity index (χ2n) is 4.91. The molecule has 1 aliphatic heterocycles. The third-order valence-electron chi connectivity index (χ3n) is 3.16. The molecule has 2 rings (SSSR count). The molecular formula is C14H15FN2O4. The number of halogens is 1. The normalized spacial score (nSPS) is 15.4.